The quantitative estimate of drug-likeness (QED) is 0.645. The van der Waals surface area contributed by atoms with E-state index in [1.165, 1.54) is 0 Å². The Balaban J connectivity index is 2.46. The van der Waals surface area contributed by atoms with Crippen molar-refractivity contribution in [3.63, 3.8) is 0 Å². The first-order valence-electron chi connectivity index (χ1n) is 7.32. The molecule has 3 N–H and O–H groups in total. The van der Waals surface area contributed by atoms with Crippen LogP contribution in [0.4, 0.5) is 0 Å². The summed E-state index contributed by atoms with van der Waals surface area (Å²) < 4.78 is 0. The Morgan fingerprint density at radius 2 is 1.90 bits per heavy atom. The summed E-state index contributed by atoms with van der Waals surface area (Å²) in [6.45, 7) is 4.65. The van der Waals surface area contributed by atoms with Crippen LogP contribution in [-0.2, 0) is 16.0 Å². The molecule has 0 bridgehead atoms. The number of benzene rings is 1. The summed E-state index contributed by atoms with van der Waals surface area (Å²) in [6.07, 6.45) is 1.30. The molecule has 0 aliphatic heterocycles. The van der Waals surface area contributed by atoms with Gasteiger partial charge in [-0.3, -0.25) is 4.79 Å². The highest BCUT2D eigenvalue weighted by molar-refractivity contribution is 5.83. The number of carboxylic acids is 1. The summed E-state index contributed by atoms with van der Waals surface area (Å²) in [5.74, 6) is -1.22. The van der Waals surface area contributed by atoms with E-state index < -0.39 is 12.0 Å². The van der Waals surface area contributed by atoms with E-state index in [0.29, 0.717) is 12.8 Å². The van der Waals surface area contributed by atoms with Gasteiger partial charge in [0.15, 0.2) is 0 Å². The molecule has 1 aromatic rings. The fourth-order valence-electron chi connectivity index (χ4n) is 2.17. The average molecular weight is 292 g/mol. The van der Waals surface area contributed by atoms with Gasteiger partial charge in [-0.25, -0.2) is 4.79 Å². The standard InChI is InChI=1S/C16H24N2O3/c1-3-17-12(2)11-15(19)18-14(16(20)21)10-9-13-7-5-4-6-8-13/h4-8,12,14,17H,3,9-11H2,1-2H3,(H,18,19)(H,20,21)/t12?,14-/m0/s1. The summed E-state index contributed by atoms with van der Waals surface area (Å²) in [5, 5.41) is 14.9. The van der Waals surface area contributed by atoms with Gasteiger partial charge in [0.25, 0.3) is 0 Å². The molecule has 0 saturated carbocycles. The van der Waals surface area contributed by atoms with Crippen molar-refractivity contribution in [3.8, 4) is 0 Å². The molecule has 5 heteroatoms. The Morgan fingerprint density at radius 1 is 1.24 bits per heavy atom. The number of carboxylic acid groups (broad SMARTS) is 1. The number of aryl methyl sites for hydroxylation is 1. The van der Waals surface area contributed by atoms with Crippen LogP contribution in [0.5, 0.6) is 0 Å². The molecule has 0 heterocycles. The van der Waals surface area contributed by atoms with Crippen molar-refractivity contribution in [2.75, 3.05) is 6.54 Å². The molecule has 0 aliphatic rings. The molecule has 0 radical (unpaired) electrons. The van der Waals surface area contributed by atoms with E-state index in [-0.39, 0.29) is 18.4 Å². The van der Waals surface area contributed by atoms with E-state index >= 15 is 0 Å². The van der Waals surface area contributed by atoms with Crippen molar-refractivity contribution in [2.24, 2.45) is 0 Å². The Hall–Kier alpha value is -1.88. The number of hydrogen-bond acceptors (Lipinski definition) is 3. The number of rotatable bonds is 9. The average Bonchev–Trinajstić information content (AvgIpc) is 2.44. The molecule has 0 spiro atoms. The molecule has 1 amide bonds. The third kappa shape index (κ3) is 6.90. The van der Waals surface area contributed by atoms with Gasteiger partial charge in [0, 0.05) is 12.5 Å². The van der Waals surface area contributed by atoms with Gasteiger partial charge < -0.3 is 15.7 Å². The lowest BCUT2D eigenvalue weighted by Gasteiger charge is -2.17. The maximum Gasteiger partial charge on any atom is 0.326 e. The molecule has 1 unspecified atom stereocenters. The normalized spacial score (nSPS) is 13.4. The highest BCUT2D eigenvalue weighted by Crippen LogP contribution is 2.06. The van der Waals surface area contributed by atoms with Crippen molar-refractivity contribution in [2.45, 2.75) is 45.2 Å². The summed E-state index contributed by atoms with van der Waals surface area (Å²) in [4.78, 5) is 23.1. The van der Waals surface area contributed by atoms with Crippen LogP contribution in [0, 0.1) is 0 Å². The largest absolute Gasteiger partial charge is 0.480 e. The monoisotopic (exact) mass is 292 g/mol. The summed E-state index contributed by atoms with van der Waals surface area (Å²) >= 11 is 0. The molecule has 21 heavy (non-hydrogen) atoms. The number of carbonyl (C=O) groups is 2. The van der Waals surface area contributed by atoms with Gasteiger partial charge in [0.05, 0.1) is 0 Å². The molecule has 0 saturated heterocycles. The van der Waals surface area contributed by atoms with Crippen LogP contribution in [-0.4, -0.2) is 35.6 Å². The molecular weight excluding hydrogens is 268 g/mol. The van der Waals surface area contributed by atoms with E-state index in [9.17, 15) is 14.7 Å². The zero-order chi connectivity index (χ0) is 15.7. The molecule has 0 aliphatic carbocycles. The van der Waals surface area contributed by atoms with Crippen LogP contribution in [0.3, 0.4) is 0 Å². The molecule has 1 aromatic carbocycles. The fraction of sp³-hybridized carbons (Fsp3) is 0.500. The van der Waals surface area contributed by atoms with Gasteiger partial charge in [-0.1, -0.05) is 37.3 Å². The van der Waals surface area contributed by atoms with Crippen LogP contribution in [0.15, 0.2) is 30.3 Å². The van der Waals surface area contributed by atoms with Gasteiger partial charge in [-0.15, -0.1) is 0 Å². The molecule has 2 atom stereocenters. The molecule has 1 rings (SSSR count). The van der Waals surface area contributed by atoms with Crippen LogP contribution >= 0.6 is 0 Å². The minimum absolute atomic E-state index is 0.0403. The lowest BCUT2D eigenvalue weighted by Crippen LogP contribution is -2.43. The lowest BCUT2D eigenvalue weighted by atomic mass is 10.0. The predicted molar refractivity (Wildman–Crippen MR) is 82.1 cm³/mol. The Kier molecular flexibility index (Phi) is 7.46. The summed E-state index contributed by atoms with van der Waals surface area (Å²) in [7, 11) is 0. The Bertz CT molecular complexity index is 448. The third-order valence-electron chi connectivity index (χ3n) is 3.24. The first-order chi connectivity index (χ1) is 10.0. The number of carbonyl (C=O) groups excluding carboxylic acids is 1. The Morgan fingerprint density at radius 3 is 2.48 bits per heavy atom. The maximum atomic E-state index is 11.8. The third-order valence-corrected chi connectivity index (χ3v) is 3.24. The molecule has 0 aromatic heterocycles. The van der Waals surface area contributed by atoms with Crippen molar-refractivity contribution < 1.29 is 14.7 Å². The molecule has 0 fully saturated rings. The van der Waals surface area contributed by atoms with Gasteiger partial charge in [0.1, 0.15) is 6.04 Å². The van der Waals surface area contributed by atoms with Gasteiger partial charge in [-0.2, -0.15) is 0 Å². The van der Waals surface area contributed by atoms with E-state index in [1.807, 2.05) is 44.2 Å². The minimum atomic E-state index is -0.990. The minimum Gasteiger partial charge on any atom is -0.480 e. The van der Waals surface area contributed by atoms with Crippen LogP contribution in [0.25, 0.3) is 0 Å². The van der Waals surface area contributed by atoms with E-state index in [1.54, 1.807) is 0 Å². The highest BCUT2D eigenvalue weighted by atomic mass is 16.4. The van der Waals surface area contributed by atoms with Crippen LogP contribution < -0.4 is 10.6 Å². The molecule has 116 valence electrons. The lowest BCUT2D eigenvalue weighted by molar-refractivity contribution is -0.142. The highest BCUT2D eigenvalue weighted by Gasteiger charge is 2.20. The first-order valence-corrected chi connectivity index (χ1v) is 7.32. The van der Waals surface area contributed by atoms with E-state index in [0.717, 1.165) is 12.1 Å². The van der Waals surface area contributed by atoms with Crippen molar-refractivity contribution in [1.29, 1.82) is 0 Å². The number of aliphatic carboxylic acids is 1. The van der Waals surface area contributed by atoms with Crippen molar-refractivity contribution >= 4 is 11.9 Å². The van der Waals surface area contributed by atoms with Gasteiger partial charge in [-0.05, 0) is 31.9 Å². The van der Waals surface area contributed by atoms with E-state index in [4.69, 9.17) is 0 Å². The van der Waals surface area contributed by atoms with Gasteiger partial charge in [0.2, 0.25) is 5.91 Å². The van der Waals surface area contributed by atoms with Gasteiger partial charge >= 0.3 is 5.97 Å². The SMILES string of the molecule is CCNC(C)CC(=O)N[C@@H](CCc1ccccc1)C(=O)O. The smallest absolute Gasteiger partial charge is 0.326 e. The second-order valence-electron chi connectivity index (χ2n) is 5.15. The molecule has 5 nitrogen and oxygen atoms in total. The predicted octanol–water partition coefficient (Wildman–Crippen LogP) is 1.58. The van der Waals surface area contributed by atoms with Crippen molar-refractivity contribution in [1.82, 2.24) is 10.6 Å². The fourth-order valence-corrected chi connectivity index (χ4v) is 2.17. The number of hydrogen-bond donors (Lipinski definition) is 3. The second kappa shape index (κ2) is 9.13. The number of nitrogens with one attached hydrogen (secondary N) is 2. The Labute approximate surface area is 125 Å². The summed E-state index contributed by atoms with van der Waals surface area (Å²) in [6, 6.07) is 8.86. The zero-order valence-corrected chi connectivity index (χ0v) is 12.6. The first kappa shape index (κ1) is 17.2. The maximum absolute atomic E-state index is 11.8. The van der Waals surface area contributed by atoms with E-state index in [2.05, 4.69) is 10.6 Å². The number of amides is 1. The van der Waals surface area contributed by atoms with Crippen LogP contribution in [0.2, 0.25) is 0 Å². The van der Waals surface area contributed by atoms with Crippen LogP contribution in [0.1, 0.15) is 32.3 Å². The van der Waals surface area contributed by atoms with Crippen molar-refractivity contribution in [3.05, 3.63) is 35.9 Å². The second-order valence-corrected chi connectivity index (χ2v) is 5.15. The molecular formula is C16H24N2O3. The topological polar surface area (TPSA) is 78.4 Å². The zero-order valence-electron chi connectivity index (χ0n) is 12.6. The summed E-state index contributed by atoms with van der Waals surface area (Å²) in [5.41, 5.74) is 1.07.